The van der Waals surface area contributed by atoms with Crippen molar-refractivity contribution in [3.05, 3.63) is 0 Å². The van der Waals surface area contributed by atoms with E-state index in [-0.39, 0.29) is 19.8 Å². The van der Waals surface area contributed by atoms with Gasteiger partial charge in [-0.25, -0.2) is 0 Å². The number of ether oxygens (including phenoxy) is 4. The molecule has 0 spiro atoms. The molecule has 7 N–H and O–H groups in total. The predicted octanol–water partition coefficient (Wildman–Crippen LogP) is -3.38. The largest absolute Gasteiger partial charge is 0.394 e. The van der Waals surface area contributed by atoms with Gasteiger partial charge in [-0.1, -0.05) is 6.92 Å². The van der Waals surface area contributed by atoms with E-state index in [4.69, 9.17) is 29.2 Å². The molecule has 0 aromatic heterocycles. The zero-order valence-electron chi connectivity index (χ0n) is 16.3. The maximum Gasteiger partial charge on any atom is 0.110 e. The van der Waals surface area contributed by atoms with Gasteiger partial charge in [0.15, 0.2) is 0 Å². The lowest BCUT2D eigenvalue weighted by Gasteiger charge is -2.33. The van der Waals surface area contributed by atoms with E-state index in [1.165, 1.54) is 0 Å². The third-order valence-corrected chi connectivity index (χ3v) is 4.02. The Morgan fingerprint density at radius 1 is 0.500 bits per heavy atom. The summed E-state index contributed by atoms with van der Waals surface area (Å²) in [7, 11) is 0. The molecule has 0 fully saturated rings. The van der Waals surface area contributed by atoms with Crippen molar-refractivity contribution in [1.82, 2.24) is 0 Å². The van der Waals surface area contributed by atoms with E-state index in [2.05, 4.69) is 0 Å². The van der Waals surface area contributed by atoms with Crippen LogP contribution in [0.2, 0.25) is 0 Å². The highest BCUT2D eigenvalue weighted by atomic mass is 16.6. The molecule has 0 aromatic rings. The summed E-state index contributed by atoms with van der Waals surface area (Å²) in [6, 6.07) is 0. The first kappa shape index (κ1) is 27.6. The van der Waals surface area contributed by atoms with Gasteiger partial charge in [-0.3, -0.25) is 0 Å². The minimum absolute atomic E-state index is 0.101. The highest BCUT2D eigenvalue weighted by molar-refractivity contribution is 4.76. The number of rotatable bonds is 19. The van der Waals surface area contributed by atoms with Crippen molar-refractivity contribution in [2.75, 3.05) is 59.5 Å². The molecule has 11 nitrogen and oxygen atoms in total. The Kier molecular flexibility index (Phi) is 17.1. The van der Waals surface area contributed by atoms with Crippen molar-refractivity contribution in [3.63, 3.8) is 0 Å². The minimum Gasteiger partial charge on any atom is -0.394 e. The molecule has 3 atom stereocenters. The van der Waals surface area contributed by atoms with Crippen molar-refractivity contribution in [2.24, 2.45) is 0 Å². The number of hydrogen-bond donors (Lipinski definition) is 7. The summed E-state index contributed by atoms with van der Waals surface area (Å²) >= 11 is 0. The molecule has 0 bridgehead atoms. The lowest BCUT2D eigenvalue weighted by molar-refractivity contribution is -0.195. The fraction of sp³-hybridized carbons (Fsp3) is 1.00. The molecule has 0 aromatic carbocycles. The van der Waals surface area contributed by atoms with Crippen LogP contribution in [0.3, 0.4) is 0 Å². The fourth-order valence-corrected chi connectivity index (χ4v) is 2.18. The molecular weight excluding hydrogens is 380 g/mol. The third kappa shape index (κ3) is 10.9. The van der Waals surface area contributed by atoms with Crippen LogP contribution < -0.4 is 0 Å². The van der Waals surface area contributed by atoms with Crippen LogP contribution in [0.25, 0.3) is 0 Å². The number of aliphatic hydroxyl groups excluding tert-OH is 7. The van der Waals surface area contributed by atoms with Crippen molar-refractivity contribution in [1.29, 1.82) is 0 Å². The second-order valence-corrected chi connectivity index (χ2v) is 6.19. The molecule has 28 heavy (non-hydrogen) atoms. The Hall–Kier alpha value is -0.440. The summed E-state index contributed by atoms with van der Waals surface area (Å²) in [5.74, 6) is 0. The topological polar surface area (TPSA) is 179 Å². The molecule has 0 aliphatic rings. The molecule has 0 aliphatic carbocycles. The lowest BCUT2D eigenvalue weighted by Crippen LogP contribution is -2.47. The molecule has 0 saturated carbocycles. The summed E-state index contributed by atoms with van der Waals surface area (Å²) in [5.41, 5.74) is 0. The Morgan fingerprint density at radius 3 is 1.11 bits per heavy atom. The minimum atomic E-state index is -0.956. The van der Waals surface area contributed by atoms with Crippen LogP contribution in [0, 0.1) is 0 Å². The highest BCUT2D eigenvalue weighted by Gasteiger charge is 2.30. The van der Waals surface area contributed by atoms with Gasteiger partial charge >= 0.3 is 0 Å². The second-order valence-electron chi connectivity index (χ2n) is 6.19. The van der Waals surface area contributed by atoms with Crippen LogP contribution in [0.5, 0.6) is 0 Å². The van der Waals surface area contributed by atoms with Gasteiger partial charge in [0, 0.05) is 0 Å². The van der Waals surface area contributed by atoms with E-state index in [9.17, 15) is 25.5 Å². The normalized spacial score (nSPS) is 15.5. The summed E-state index contributed by atoms with van der Waals surface area (Å²) in [4.78, 5) is 0. The van der Waals surface area contributed by atoms with Gasteiger partial charge in [-0.2, -0.15) is 0 Å². The molecule has 0 aliphatic heterocycles. The fourth-order valence-electron chi connectivity index (χ4n) is 2.18. The SMILES string of the molecule is CCC(CO)OCC(OC(CO)CO)C(COC(CO)CO)OC(CO)CO. The first-order chi connectivity index (χ1) is 13.5. The average Bonchev–Trinajstić information content (AvgIpc) is 2.74. The predicted molar refractivity (Wildman–Crippen MR) is 96.7 cm³/mol. The molecule has 0 radical (unpaired) electrons. The number of aliphatic hydroxyl groups is 7. The molecule has 0 heterocycles. The van der Waals surface area contributed by atoms with Gasteiger partial charge in [0.2, 0.25) is 0 Å². The molecule has 0 saturated heterocycles. The van der Waals surface area contributed by atoms with Crippen LogP contribution in [0.15, 0.2) is 0 Å². The van der Waals surface area contributed by atoms with Crippen LogP contribution in [0.4, 0.5) is 0 Å². The smallest absolute Gasteiger partial charge is 0.110 e. The quantitative estimate of drug-likeness (QED) is 0.112. The van der Waals surface area contributed by atoms with Crippen molar-refractivity contribution in [2.45, 2.75) is 50.0 Å². The van der Waals surface area contributed by atoms with Gasteiger partial charge in [-0.15, -0.1) is 0 Å². The van der Waals surface area contributed by atoms with Gasteiger partial charge in [0.25, 0.3) is 0 Å². The summed E-state index contributed by atoms with van der Waals surface area (Å²) < 4.78 is 22.2. The van der Waals surface area contributed by atoms with Crippen LogP contribution >= 0.6 is 0 Å². The zero-order chi connectivity index (χ0) is 21.4. The van der Waals surface area contributed by atoms with E-state index >= 15 is 0 Å². The molecule has 3 unspecified atom stereocenters. The summed E-state index contributed by atoms with van der Waals surface area (Å²) in [5, 5.41) is 64.8. The van der Waals surface area contributed by atoms with Crippen LogP contribution in [0.1, 0.15) is 13.3 Å². The lowest BCUT2D eigenvalue weighted by atomic mass is 10.2. The van der Waals surface area contributed by atoms with Crippen LogP contribution in [-0.4, -0.2) is 132 Å². The maximum absolute atomic E-state index is 9.31. The van der Waals surface area contributed by atoms with E-state index in [0.717, 1.165) is 0 Å². The second kappa shape index (κ2) is 17.4. The monoisotopic (exact) mass is 416 g/mol. The summed E-state index contributed by atoms with van der Waals surface area (Å²) in [6.07, 6.45) is -4.57. The Bertz CT molecular complexity index is 299. The molecule has 0 rings (SSSR count). The third-order valence-electron chi connectivity index (χ3n) is 4.02. The average molecular weight is 416 g/mol. The molecule has 11 heteroatoms. The highest BCUT2D eigenvalue weighted by Crippen LogP contribution is 2.14. The van der Waals surface area contributed by atoms with E-state index < -0.39 is 76.3 Å². The first-order valence-corrected chi connectivity index (χ1v) is 9.33. The van der Waals surface area contributed by atoms with E-state index in [0.29, 0.717) is 6.42 Å². The maximum atomic E-state index is 9.31. The van der Waals surface area contributed by atoms with Crippen molar-refractivity contribution in [3.8, 4) is 0 Å². The zero-order valence-corrected chi connectivity index (χ0v) is 16.3. The Labute approximate surface area is 165 Å². The summed E-state index contributed by atoms with van der Waals surface area (Å²) in [6.45, 7) is -1.50. The van der Waals surface area contributed by atoms with E-state index in [1.54, 1.807) is 0 Å². The molecule has 0 amide bonds. The van der Waals surface area contributed by atoms with Gasteiger partial charge in [0.1, 0.15) is 30.5 Å². The Morgan fingerprint density at radius 2 is 0.821 bits per heavy atom. The Balaban J connectivity index is 5.34. The molecular formula is C17H36O11. The first-order valence-electron chi connectivity index (χ1n) is 9.33. The van der Waals surface area contributed by atoms with Gasteiger partial charge in [-0.05, 0) is 6.42 Å². The van der Waals surface area contributed by atoms with Crippen molar-refractivity contribution < 1.29 is 54.7 Å². The van der Waals surface area contributed by atoms with Crippen molar-refractivity contribution >= 4 is 0 Å². The van der Waals surface area contributed by atoms with Gasteiger partial charge in [0.05, 0.1) is 65.6 Å². The number of hydrogen-bond acceptors (Lipinski definition) is 11. The van der Waals surface area contributed by atoms with E-state index in [1.807, 2.05) is 6.92 Å². The standard InChI is InChI=1S/C17H36O11/c1-2-12(3-18)25-10-16(27-14(6-21)7-22)17(28-15(8-23)9-24)11-26-13(4-19)5-20/h12-24H,2-11H2,1H3. The molecule has 170 valence electrons. The van der Waals surface area contributed by atoms with Gasteiger partial charge < -0.3 is 54.7 Å². The van der Waals surface area contributed by atoms with Crippen LogP contribution in [-0.2, 0) is 18.9 Å².